The van der Waals surface area contributed by atoms with Gasteiger partial charge in [-0.25, -0.2) is 4.98 Å². The zero-order valence-corrected chi connectivity index (χ0v) is 20.5. The molecule has 1 aromatic heterocycles. The lowest BCUT2D eigenvalue weighted by Crippen LogP contribution is -2.30. The number of piperidine rings is 1. The number of hydrogen-bond donors (Lipinski definition) is 2. The maximum atomic E-state index is 12.9. The van der Waals surface area contributed by atoms with E-state index in [1.807, 2.05) is 36.1 Å². The van der Waals surface area contributed by atoms with Crippen molar-refractivity contribution in [3.63, 3.8) is 0 Å². The number of benzene rings is 2. The van der Waals surface area contributed by atoms with E-state index in [1.54, 1.807) is 6.07 Å². The second kappa shape index (κ2) is 12.6. The highest BCUT2D eigenvalue weighted by Crippen LogP contribution is 2.38. The number of amides is 1. The second-order valence-corrected chi connectivity index (χ2v) is 8.69. The molecule has 0 saturated carbocycles. The van der Waals surface area contributed by atoms with Crippen LogP contribution < -0.4 is 15.5 Å². The van der Waals surface area contributed by atoms with Gasteiger partial charge in [-0.2, -0.15) is 31.3 Å². The molecule has 12 heteroatoms. The number of hydrogen-bond acceptors (Lipinski definition) is 5. The Morgan fingerprint density at radius 3 is 2.05 bits per heavy atom. The van der Waals surface area contributed by atoms with E-state index in [0.29, 0.717) is 30.9 Å². The number of rotatable bonds is 6. The monoisotopic (exact) mass is 539 g/mol. The minimum absolute atomic E-state index is 0.0643. The summed E-state index contributed by atoms with van der Waals surface area (Å²) in [6, 6.07) is 11.0. The molecule has 0 unspecified atom stereocenters. The third-order valence-electron chi connectivity index (χ3n) is 5.67. The molecule has 1 fully saturated rings. The van der Waals surface area contributed by atoms with Crippen LogP contribution in [0, 0.1) is 6.92 Å². The van der Waals surface area contributed by atoms with Gasteiger partial charge in [0.25, 0.3) is 0 Å². The number of halogens is 6. The number of alkyl halides is 6. The average molecular weight is 540 g/mol. The van der Waals surface area contributed by atoms with E-state index in [-0.39, 0.29) is 17.7 Å². The SMILES string of the molecule is Cc1ccc(CNC=O)cc1.FC(F)(F)c1cc(Nc2nccc(N3CCCCC3)n2)cc(C(F)(F)F)c1. The number of aryl methyl sites for hydroxylation is 1. The minimum Gasteiger partial charge on any atom is -0.356 e. The molecule has 1 amide bonds. The van der Waals surface area contributed by atoms with E-state index in [2.05, 4.69) is 20.6 Å². The van der Waals surface area contributed by atoms with Crippen molar-refractivity contribution in [2.75, 3.05) is 23.3 Å². The Morgan fingerprint density at radius 1 is 0.895 bits per heavy atom. The van der Waals surface area contributed by atoms with Crippen LogP contribution in [-0.4, -0.2) is 29.5 Å². The number of carbonyl (C=O) groups is 1. The van der Waals surface area contributed by atoms with Gasteiger partial charge in [0.2, 0.25) is 12.4 Å². The molecule has 1 aliphatic rings. The van der Waals surface area contributed by atoms with Gasteiger partial charge >= 0.3 is 12.4 Å². The van der Waals surface area contributed by atoms with Crippen molar-refractivity contribution in [2.24, 2.45) is 0 Å². The number of aromatic nitrogens is 2. The van der Waals surface area contributed by atoms with E-state index in [0.717, 1.165) is 37.9 Å². The van der Waals surface area contributed by atoms with Crippen LogP contribution in [0.4, 0.5) is 43.8 Å². The largest absolute Gasteiger partial charge is 0.416 e. The summed E-state index contributed by atoms with van der Waals surface area (Å²) in [5, 5.41) is 5.06. The molecule has 0 aliphatic carbocycles. The summed E-state index contributed by atoms with van der Waals surface area (Å²) in [7, 11) is 0. The van der Waals surface area contributed by atoms with Gasteiger partial charge in [-0.05, 0) is 56.0 Å². The van der Waals surface area contributed by atoms with Crippen molar-refractivity contribution >= 4 is 23.9 Å². The summed E-state index contributed by atoms with van der Waals surface area (Å²) in [6.07, 6.45) is -4.60. The lowest BCUT2D eigenvalue weighted by Gasteiger charge is -2.27. The van der Waals surface area contributed by atoms with Crippen molar-refractivity contribution in [1.29, 1.82) is 0 Å². The average Bonchev–Trinajstić information content (AvgIpc) is 2.88. The molecule has 2 aromatic carbocycles. The van der Waals surface area contributed by atoms with Gasteiger partial charge in [-0.1, -0.05) is 29.8 Å². The molecule has 4 rings (SSSR count). The van der Waals surface area contributed by atoms with Crippen LogP contribution in [-0.2, 0) is 23.7 Å². The lowest BCUT2D eigenvalue weighted by molar-refractivity contribution is -0.143. The van der Waals surface area contributed by atoms with E-state index in [1.165, 1.54) is 11.8 Å². The van der Waals surface area contributed by atoms with Crippen LogP contribution in [0.3, 0.4) is 0 Å². The van der Waals surface area contributed by atoms with Crippen LogP contribution in [0.2, 0.25) is 0 Å². The summed E-state index contributed by atoms with van der Waals surface area (Å²) in [6.45, 7) is 4.23. The Morgan fingerprint density at radius 2 is 1.50 bits per heavy atom. The molecule has 0 spiro atoms. The molecular weight excluding hydrogens is 512 g/mol. The number of nitrogens with zero attached hydrogens (tertiary/aromatic N) is 3. The van der Waals surface area contributed by atoms with E-state index in [9.17, 15) is 31.1 Å². The fourth-order valence-corrected chi connectivity index (χ4v) is 3.73. The maximum absolute atomic E-state index is 12.9. The smallest absolute Gasteiger partial charge is 0.356 e. The topological polar surface area (TPSA) is 70.2 Å². The Kier molecular flexibility index (Phi) is 9.54. The molecule has 38 heavy (non-hydrogen) atoms. The van der Waals surface area contributed by atoms with Gasteiger partial charge < -0.3 is 15.5 Å². The fraction of sp³-hybridized carbons (Fsp3) is 0.346. The lowest BCUT2D eigenvalue weighted by atomic mass is 10.1. The summed E-state index contributed by atoms with van der Waals surface area (Å²) >= 11 is 0. The van der Waals surface area contributed by atoms with Gasteiger partial charge in [-0.3, -0.25) is 4.79 Å². The van der Waals surface area contributed by atoms with E-state index in [4.69, 9.17) is 0 Å². The maximum Gasteiger partial charge on any atom is 0.416 e. The van der Waals surface area contributed by atoms with Crippen LogP contribution in [0.1, 0.15) is 41.5 Å². The first-order valence-electron chi connectivity index (χ1n) is 11.8. The van der Waals surface area contributed by atoms with Crippen molar-refractivity contribution < 1.29 is 31.1 Å². The Hall–Kier alpha value is -3.83. The third-order valence-corrected chi connectivity index (χ3v) is 5.67. The Bertz CT molecular complexity index is 1160. The summed E-state index contributed by atoms with van der Waals surface area (Å²) in [5.74, 6) is 0.515. The van der Waals surface area contributed by atoms with Crippen molar-refractivity contribution in [3.05, 3.63) is 77.0 Å². The predicted molar refractivity (Wildman–Crippen MR) is 132 cm³/mol. The molecule has 0 bridgehead atoms. The normalized spacial score (nSPS) is 13.8. The summed E-state index contributed by atoms with van der Waals surface area (Å²) in [5.41, 5.74) is -0.811. The number of carbonyl (C=O) groups excluding carboxylic acids is 1. The highest BCUT2D eigenvalue weighted by Gasteiger charge is 2.37. The third kappa shape index (κ3) is 8.63. The molecule has 0 radical (unpaired) electrons. The zero-order chi connectivity index (χ0) is 27.8. The molecule has 3 aromatic rings. The van der Waals surface area contributed by atoms with Crippen molar-refractivity contribution in [3.8, 4) is 0 Å². The standard InChI is InChI=1S/C17H16F6N4.C9H11NO/c18-16(19,20)11-8-12(17(21,22)23)10-13(9-11)25-15-24-5-4-14(26-15)27-6-2-1-3-7-27;1-8-2-4-9(5-3-8)6-10-7-11/h4-5,8-10H,1-3,6-7H2,(H,24,25,26);2-5,7H,6H2,1H3,(H,10,11). The van der Waals surface area contributed by atoms with Gasteiger partial charge in [-0.15, -0.1) is 0 Å². The summed E-state index contributed by atoms with van der Waals surface area (Å²) < 4.78 is 77.7. The van der Waals surface area contributed by atoms with Crippen LogP contribution >= 0.6 is 0 Å². The van der Waals surface area contributed by atoms with E-state index >= 15 is 0 Å². The van der Waals surface area contributed by atoms with Gasteiger partial charge in [0.15, 0.2) is 0 Å². The van der Waals surface area contributed by atoms with Gasteiger partial charge in [0.1, 0.15) is 5.82 Å². The first-order valence-corrected chi connectivity index (χ1v) is 11.8. The highest BCUT2D eigenvalue weighted by molar-refractivity contribution is 5.58. The first-order chi connectivity index (χ1) is 18.0. The zero-order valence-electron chi connectivity index (χ0n) is 20.5. The van der Waals surface area contributed by atoms with E-state index < -0.39 is 23.5 Å². The molecule has 2 heterocycles. The summed E-state index contributed by atoms with van der Waals surface area (Å²) in [4.78, 5) is 20.1. The number of nitrogens with one attached hydrogen (secondary N) is 2. The van der Waals surface area contributed by atoms with Crippen molar-refractivity contribution in [2.45, 2.75) is 45.1 Å². The molecule has 204 valence electrons. The Balaban J connectivity index is 0.000000304. The fourth-order valence-electron chi connectivity index (χ4n) is 3.73. The molecular formula is C26H27F6N5O. The quantitative estimate of drug-likeness (QED) is 0.277. The van der Waals surface area contributed by atoms with Crippen LogP contribution in [0.15, 0.2) is 54.7 Å². The molecule has 2 N–H and O–H groups in total. The van der Waals surface area contributed by atoms with Crippen LogP contribution in [0.25, 0.3) is 0 Å². The van der Waals surface area contributed by atoms with Crippen LogP contribution in [0.5, 0.6) is 0 Å². The van der Waals surface area contributed by atoms with Crippen molar-refractivity contribution in [1.82, 2.24) is 15.3 Å². The van der Waals surface area contributed by atoms with Gasteiger partial charge in [0.05, 0.1) is 11.1 Å². The minimum atomic E-state index is -4.91. The molecule has 1 aliphatic heterocycles. The molecule has 6 nitrogen and oxygen atoms in total. The Labute approximate surface area is 216 Å². The molecule has 0 atom stereocenters. The van der Waals surface area contributed by atoms with Gasteiger partial charge in [0, 0.05) is 31.5 Å². The second-order valence-electron chi connectivity index (χ2n) is 8.69. The first kappa shape index (κ1) is 28.7. The highest BCUT2D eigenvalue weighted by atomic mass is 19.4. The predicted octanol–water partition coefficient (Wildman–Crippen LogP) is 6.49. The number of anilines is 3. The molecule has 1 saturated heterocycles.